The smallest absolute Gasteiger partial charge is 0.271 e. The van der Waals surface area contributed by atoms with Gasteiger partial charge in [-0.1, -0.05) is 41.9 Å². The molecular weight excluding hydrogens is 366 g/mol. The van der Waals surface area contributed by atoms with E-state index in [1.54, 1.807) is 29.2 Å². The average molecular weight is 386 g/mol. The summed E-state index contributed by atoms with van der Waals surface area (Å²) >= 11 is 5.94. The topological polar surface area (TPSA) is 78.5 Å². The minimum Gasteiger partial charge on any atom is -0.312 e. The molecule has 6 nitrogen and oxygen atoms in total. The molecule has 2 aromatic carbocycles. The number of fused-ring (bicyclic) bond motifs is 1. The van der Waals surface area contributed by atoms with Crippen molar-refractivity contribution in [2.45, 2.75) is 25.7 Å². The van der Waals surface area contributed by atoms with Crippen molar-refractivity contribution in [1.82, 2.24) is 10.9 Å². The molecule has 0 atom stereocenters. The number of amides is 3. The van der Waals surface area contributed by atoms with Crippen LogP contribution in [-0.4, -0.2) is 24.3 Å². The highest BCUT2D eigenvalue weighted by molar-refractivity contribution is 6.33. The molecule has 0 unspecified atom stereocenters. The van der Waals surface area contributed by atoms with E-state index < -0.39 is 11.8 Å². The Morgan fingerprint density at radius 2 is 1.70 bits per heavy atom. The van der Waals surface area contributed by atoms with Crippen LogP contribution in [0, 0.1) is 0 Å². The van der Waals surface area contributed by atoms with Gasteiger partial charge < -0.3 is 4.90 Å². The number of para-hydroxylation sites is 1. The maximum atomic E-state index is 12.5. The number of benzene rings is 2. The fourth-order valence-electron chi connectivity index (χ4n) is 3.05. The van der Waals surface area contributed by atoms with Crippen molar-refractivity contribution in [1.29, 1.82) is 0 Å². The van der Waals surface area contributed by atoms with Crippen LogP contribution in [0.5, 0.6) is 0 Å². The molecule has 3 rings (SSSR count). The first-order chi connectivity index (χ1) is 13.1. The van der Waals surface area contributed by atoms with E-state index in [0.717, 1.165) is 24.1 Å². The fraction of sp³-hybridized carbons (Fsp3) is 0.250. The van der Waals surface area contributed by atoms with E-state index in [-0.39, 0.29) is 24.3 Å². The highest BCUT2D eigenvalue weighted by Gasteiger charge is 2.22. The summed E-state index contributed by atoms with van der Waals surface area (Å²) in [4.78, 5) is 38.2. The summed E-state index contributed by atoms with van der Waals surface area (Å²) in [5.74, 6) is -1.05. The average Bonchev–Trinajstić information content (AvgIpc) is 2.70. The number of rotatable bonds is 4. The van der Waals surface area contributed by atoms with Gasteiger partial charge in [0.1, 0.15) is 0 Å². The van der Waals surface area contributed by atoms with Gasteiger partial charge in [-0.2, -0.15) is 0 Å². The first-order valence-corrected chi connectivity index (χ1v) is 9.16. The molecule has 0 radical (unpaired) electrons. The van der Waals surface area contributed by atoms with Gasteiger partial charge in [0.25, 0.3) is 5.91 Å². The Morgan fingerprint density at radius 3 is 2.52 bits per heavy atom. The van der Waals surface area contributed by atoms with Crippen molar-refractivity contribution in [3.63, 3.8) is 0 Å². The first kappa shape index (κ1) is 18.9. The molecule has 2 aromatic rings. The predicted molar refractivity (Wildman–Crippen MR) is 103 cm³/mol. The molecule has 1 heterocycles. The van der Waals surface area contributed by atoms with Gasteiger partial charge in [0.2, 0.25) is 11.8 Å². The molecule has 1 aliphatic heterocycles. The zero-order chi connectivity index (χ0) is 19.2. The summed E-state index contributed by atoms with van der Waals surface area (Å²) in [6, 6.07) is 14.3. The standard InChI is InChI=1S/C20H20ClN3O3/c21-16-9-3-2-8-15(16)20(27)23-22-18(25)11-12-19(26)24-13-5-7-14-6-1-4-10-17(14)24/h1-4,6,8-10H,5,7,11-13H2,(H,22,25)(H,23,27). The number of hydrogen-bond acceptors (Lipinski definition) is 3. The third-order valence-corrected chi connectivity index (χ3v) is 4.74. The number of hydrazine groups is 1. The van der Waals surface area contributed by atoms with Crippen LogP contribution in [0.2, 0.25) is 5.02 Å². The molecule has 7 heteroatoms. The SMILES string of the molecule is O=C(CCC(=O)N1CCCc2ccccc21)NNC(=O)c1ccccc1Cl. The molecule has 0 spiro atoms. The van der Waals surface area contributed by atoms with Crippen molar-refractivity contribution in [3.8, 4) is 0 Å². The van der Waals surface area contributed by atoms with Crippen molar-refractivity contribution in [2.24, 2.45) is 0 Å². The van der Waals surface area contributed by atoms with E-state index in [2.05, 4.69) is 10.9 Å². The third-order valence-electron chi connectivity index (χ3n) is 4.41. The normalized spacial score (nSPS) is 12.9. The second-order valence-corrected chi connectivity index (χ2v) is 6.67. The molecular formula is C20H20ClN3O3. The van der Waals surface area contributed by atoms with E-state index >= 15 is 0 Å². The molecule has 0 saturated heterocycles. The number of nitrogens with zero attached hydrogens (tertiary/aromatic N) is 1. The van der Waals surface area contributed by atoms with Crippen LogP contribution in [-0.2, 0) is 16.0 Å². The van der Waals surface area contributed by atoms with Gasteiger partial charge in [0, 0.05) is 25.1 Å². The van der Waals surface area contributed by atoms with Gasteiger partial charge in [-0.15, -0.1) is 0 Å². The summed E-state index contributed by atoms with van der Waals surface area (Å²) < 4.78 is 0. The first-order valence-electron chi connectivity index (χ1n) is 8.78. The highest BCUT2D eigenvalue weighted by Crippen LogP contribution is 2.27. The summed E-state index contributed by atoms with van der Waals surface area (Å²) in [7, 11) is 0. The number of anilines is 1. The number of carbonyl (C=O) groups excluding carboxylic acids is 3. The van der Waals surface area contributed by atoms with Crippen LogP contribution in [0.4, 0.5) is 5.69 Å². The molecule has 2 N–H and O–H groups in total. The van der Waals surface area contributed by atoms with Crippen molar-refractivity contribution < 1.29 is 14.4 Å². The molecule has 0 fully saturated rings. The minimum absolute atomic E-state index is 0.0136. The zero-order valence-corrected chi connectivity index (χ0v) is 15.5. The lowest BCUT2D eigenvalue weighted by molar-refractivity contribution is -0.125. The van der Waals surface area contributed by atoms with Crippen LogP contribution in [0.15, 0.2) is 48.5 Å². The number of aryl methyl sites for hydroxylation is 1. The number of carbonyl (C=O) groups is 3. The lowest BCUT2D eigenvalue weighted by Gasteiger charge is -2.29. The molecule has 1 aliphatic rings. The van der Waals surface area contributed by atoms with Crippen LogP contribution >= 0.6 is 11.6 Å². The summed E-state index contributed by atoms with van der Waals surface area (Å²) in [6.45, 7) is 0.653. The summed E-state index contributed by atoms with van der Waals surface area (Å²) in [5, 5.41) is 0.295. The lowest BCUT2D eigenvalue weighted by Crippen LogP contribution is -2.42. The lowest BCUT2D eigenvalue weighted by atomic mass is 10.0. The van der Waals surface area contributed by atoms with E-state index in [0.29, 0.717) is 11.6 Å². The third kappa shape index (κ3) is 4.65. The second-order valence-electron chi connectivity index (χ2n) is 6.26. The van der Waals surface area contributed by atoms with E-state index in [1.807, 2.05) is 24.3 Å². The Labute approximate surface area is 162 Å². The summed E-state index contributed by atoms with van der Waals surface area (Å²) in [6.07, 6.45) is 1.92. The number of nitrogens with one attached hydrogen (secondary N) is 2. The van der Waals surface area contributed by atoms with Gasteiger partial charge in [0.15, 0.2) is 0 Å². The Kier molecular flexibility index (Phi) is 6.08. The zero-order valence-electron chi connectivity index (χ0n) is 14.7. The molecule has 0 bridgehead atoms. The fourth-order valence-corrected chi connectivity index (χ4v) is 3.27. The number of halogens is 1. The van der Waals surface area contributed by atoms with Crippen LogP contribution in [0.25, 0.3) is 0 Å². The Morgan fingerprint density at radius 1 is 0.963 bits per heavy atom. The molecule has 27 heavy (non-hydrogen) atoms. The Bertz CT molecular complexity index is 869. The largest absolute Gasteiger partial charge is 0.312 e. The van der Waals surface area contributed by atoms with E-state index in [4.69, 9.17) is 11.6 Å². The van der Waals surface area contributed by atoms with Gasteiger partial charge >= 0.3 is 0 Å². The quantitative estimate of drug-likeness (QED) is 0.794. The molecule has 0 saturated carbocycles. The van der Waals surface area contributed by atoms with E-state index in [9.17, 15) is 14.4 Å². The van der Waals surface area contributed by atoms with Gasteiger partial charge in [-0.25, -0.2) is 0 Å². The van der Waals surface area contributed by atoms with Gasteiger partial charge in [-0.3, -0.25) is 25.2 Å². The van der Waals surface area contributed by atoms with Crippen LogP contribution < -0.4 is 15.8 Å². The molecule has 140 valence electrons. The maximum absolute atomic E-state index is 12.5. The maximum Gasteiger partial charge on any atom is 0.271 e. The molecule has 3 amide bonds. The minimum atomic E-state index is -0.509. The monoisotopic (exact) mass is 385 g/mol. The van der Waals surface area contributed by atoms with Crippen molar-refractivity contribution >= 4 is 35.0 Å². The summed E-state index contributed by atoms with van der Waals surface area (Å²) in [5.41, 5.74) is 6.96. The van der Waals surface area contributed by atoms with Crippen LogP contribution in [0.1, 0.15) is 35.2 Å². The number of hydrogen-bond donors (Lipinski definition) is 2. The second kappa shape index (κ2) is 8.68. The van der Waals surface area contributed by atoms with Crippen molar-refractivity contribution in [3.05, 3.63) is 64.7 Å². The molecule has 0 aliphatic carbocycles. The Hall–Kier alpha value is -2.86. The van der Waals surface area contributed by atoms with Crippen molar-refractivity contribution in [2.75, 3.05) is 11.4 Å². The van der Waals surface area contributed by atoms with Crippen LogP contribution in [0.3, 0.4) is 0 Å². The van der Waals surface area contributed by atoms with Gasteiger partial charge in [0.05, 0.1) is 10.6 Å². The highest BCUT2D eigenvalue weighted by atomic mass is 35.5. The van der Waals surface area contributed by atoms with E-state index in [1.165, 1.54) is 0 Å². The molecule has 0 aromatic heterocycles. The van der Waals surface area contributed by atoms with Gasteiger partial charge in [-0.05, 0) is 36.6 Å². The Balaban J connectivity index is 1.49. The predicted octanol–water partition coefficient (Wildman–Crippen LogP) is 2.86.